The van der Waals surface area contributed by atoms with Crippen LogP contribution in [0.15, 0.2) is 30.5 Å². The molecule has 0 radical (unpaired) electrons. The Kier molecular flexibility index (Phi) is 4.47. The summed E-state index contributed by atoms with van der Waals surface area (Å²) in [5.74, 6) is 0. The Morgan fingerprint density at radius 3 is 2.94 bits per heavy atom. The van der Waals surface area contributed by atoms with Gasteiger partial charge in [-0.1, -0.05) is 38.0 Å². The maximum Gasteiger partial charge on any atom is 0.0950 e. The van der Waals surface area contributed by atoms with Crippen molar-refractivity contribution < 1.29 is 0 Å². The van der Waals surface area contributed by atoms with Crippen LogP contribution in [0.2, 0.25) is 0 Å². The summed E-state index contributed by atoms with van der Waals surface area (Å²) in [7, 11) is 0. The molecule has 2 aromatic rings. The second kappa shape index (κ2) is 6.31. The van der Waals surface area contributed by atoms with Gasteiger partial charge in [-0.2, -0.15) is 10.2 Å². The van der Waals surface area contributed by atoms with E-state index < -0.39 is 0 Å². The summed E-state index contributed by atoms with van der Waals surface area (Å²) in [6.07, 6.45) is 5.24. The van der Waals surface area contributed by atoms with E-state index in [2.05, 4.69) is 28.5 Å². The van der Waals surface area contributed by atoms with Gasteiger partial charge in [-0.05, 0) is 12.5 Å². The van der Waals surface area contributed by atoms with Gasteiger partial charge in [0, 0.05) is 18.0 Å². The summed E-state index contributed by atoms with van der Waals surface area (Å²) in [4.78, 5) is 0. The predicted octanol–water partition coefficient (Wildman–Crippen LogP) is 2.56. The molecule has 1 aromatic carbocycles. The Hall–Kier alpha value is -1.68. The molecule has 0 aliphatic heterocycles. The van der Waals surface area contributed by atoms with Crippen molar-refractivity contribution in [1.29, 1.82) is 0 Å². The monoisotopic (exact) mass is 244 g/mol. The lowest BCUT2D eigenvalue weighted by Crippen LogP contribution is -2.28. The molecular formula is C14H20N4. The SMILES string of the molecule is CCCCC(CN)Nc1cnnc2ccccc12. The van der Waals surface area contributed by atoms with Gasteiger partial charge < -0.3 is 11.1 Å². The number of fused-ring (bicyclic) bond motifs is 1. The molecule has 1 atom stereocenters. The minimum absolute atomic E-state index is 0.303. The molecule has 1 heterocycles. The lowest BCUT2D eigenvalue weighted by molar-refractivity contribution is 0.614. The third-order valence-electron chi connectivity index (χ3n) is 3.10. The van der Waals surface area contributed by atoms with E-state index in [0.29, 0.717) is 12.6 Å². The molecule has 1 unspecified atom stereocenters. The smallest absolute Gasteiger partial charge is 0.0950 e. The first-order valence-electron chi connectivity index (χ1n) is 6.52. The zero-order chi connectivity index (χ0) is 12.8. The normalized spacial score (nSPS) is 12.6. The van der Waals surface area contributed by atoms with Crippen molar-refractivity contribution in [1.82, 2.24) is 10.2 Å². The number of aromatic nitrogens is 2. The van der Waals surface area contributed by atoms with E-state index in [1.165, 1.54) is 12.8 Å². The highest BCUT2D eigenvalue weighted by Crippen LogP contribution is 2.21. The van der Waals surface area contributed by atoms with Crippen molar-refractivity contribution in [3.63, 3.8) is 0 Å². The number of anilines is 1. The first-order valence-corrected chi connectivity index (χ1v) is 6.52. The van der Waals surface area contributed by atoms with E-state index >= 15 is 0 Å². The zero-order valence-electron chi connectivity index (χ0n) is 10.8. The van der Waals surface area contributed by atoms with E-state index in [0.717, 1.165) is 23.0 Å². The molecule has 0 amide bonds. The molecule has 0 saturated carbocycles. The number of hydrogen-bond donors (Lipinski definition) is 2. The van der Waals surface area contributed by atoms with Crippen LogP contribution in [0.1, 0.15) is 26.2 Å². The van der Waals surface area contributed by atoms with Crippen LogP contribution in [-0.2, 0) is 0 Å². The molecule has 0 aliphatic rings. The second-order valence-electron chi connectivity index (χ2n) is 4.49. The van der Waals surface area contributed by atoms with Gasteiger partial charge in [0.2, 0.25) is 0 Å². The van der Waals surface area contributed by atoms with Crippen molar-refractivity contribution in [3.8, 4) is 0 Å². The summed E-state index contributed by atoms with van der Waals surface area (Å²) in [6, 6.07) is 8.31. The molecule has 18 heavy (non-hydrogen) atoms. The third-order valence-corrected chi connectivity index (χ3v) is 3.10. The third kappa shape index (κ3) is 2.96. The van der Waals surface area contributed by atoms with E-state index in [1.807, 2.05) is 18.2 Å². The minimum atomic E-state index is 0.303. The van der Waals surface area contributed by atoms with Gasteiger partial charge in [-0.3, -0.25) is 0 Å². The van der Waals surface area contributed by atoms with Crippen LogP contribution in [0.3, 0.4) is 0 Å². The molecular weight excluding hydrogens is 224 g/mol. The fourth-order valence-electron chi connectivity index (χ4n) is 2.04. The van der Waals surface area contributed by atoms with Crippen LogP contribution in [-0.4, -0.2) is 22.8 Å². The highest BCUT2D eigenvalue weighted by atomic mass is 15.1. The van der Waals surface area contributed by atoms with E-state index in [1.54, 1.807) is 6.20 Å². The lowest BCUT2D eigenvalue weighted by Gasteiger charge is -2.18. The van der Waals surface area contributed by atoms with Crippen LogP contribution in [0.25, 0.3) is 10.9 Å². The second-order valence-corrected chi connectivity index (χ2v) is 4.49. The van der Waals surface area contributed by atoms with Crippen molar-refractivity contribution in [2.24, 2.45) is 5.73 Å². The molecule has 0 saturated heterocycles. The summed E-state index contributed by atoms with van der Waals surface area (Å²) in [5.41, 5.74) is 7.74. The van der Waals surface area contributed by atoms with Crippen LogP contribution in [0.5, 0.6) is 0 Å². The molecule has 4 heteroatoms. The average Bonchev–Trinajstić information content (AvgIpc) is 2.43. The van der Waals surface area contributed by atoms with E-state index in [9.17, 15) is 0 Å². The summed E-state index contributed by atoms with van der Waals surface area (Å²) in [5, 5.41) is 12.7. The molecule has 0 fully saturated rings. The van der Waals surface area contributed by atoms with Gasteiger partial charge >= 0.3 is 0 Å². The van der Waals surface area contributed by atoms with Crippen LogP contribution >= 0.6 is 0 Å². The molecule has 0 bridgehead atoms. The highest BCUT2D eigenvalue weighted by molar-refractivity contribution is 5.90. The predicted molar refractivity (Wildman–Crippen MR) is 75.5 cm³/mol. The fraction of sp³-hybridized carbons (Fsp3) is 0.429. The summed E-state index contributed by atoms with van der Waals surface area (Å²) >= 11 is 0. The van der Waals surface area contributed by atoms with Crippen molar-refractivity contribution in [3.05, 3.63) is 30.5 Å². The first kappa shape index (κ1) is 12.8. The Morgan fingerprint density at radius 1 is 1.33 bits per heavy atom. The number of benzene rings is 1. The molecule has 4 nitrogen and oxygen atoms in total. The molecule has 1 aromatic heterocycles. The molecule has 0 aliphatic carbocycles. The van der Waals surface area contributed by atoms with Gasteiger partial charge in [0.1, 0.15) is 0 Å². The maximum absolute atomic E-state index is 5.81. The van der Waals surface area contributed by atoms with Gasteiger partial charge in [0.05, 0.1) is 17.4 Å². The Balaban J connectivity index is 2.19. The number of hydrogen-bond acceptors (Lipinski definition) is 4. The maximum atomic E-state index is 5.81. The van der Waals surface area contributed by atoms with Crippen molar-refractivity contribution >= 4 is 16.6 Å². The van der Waals surface area contributed by atoms with E-state index in [-0.39, 0.29) is 0 Å². The Morgan fingerprint density at radius 2 is 2.17 bits per heavy atom. The number of nitrogens with two attached hydrogens (primary N) is 1. The van der Waals surface area contributed by atoms with Crippen molar-refractivity contribution in [2.75, 3.05) is 11.9 Å². The van der Waals surface area contributed by atoms with Gasteiger partial charge in [-0.15, -0.1) is 0 Å². The zero-order valence-corrected chi connectivity index (χ0v) is 10.8. The average molecular weight is 244 g/mol. The van der Waals surface area contributed by atoms with Crippen molar-refractivity contribution in [2.45, 2.75) is 32.2 Å². The first-order chi connectivity index (χ1) is 8.85. The molecule has 2 rings (SSSR count). The summed E-state index contributed by atoms with van der Waals surface area (Å²) in [6.45, 7) is 2.83. The summed E-state index contributed by atoms with van der Waals surface area (Å²) < 4.78 is 0. The molecule has 96 valence electrons. The van der Waals surface area contributed by atoms with Crippen LogP contribution in [0, 0.1) is 0 Å². The Bertz CT molecular complexity index is 493. The highest BCUT2D eigenvalue weighted by Gasteiger charge is 2.08. The van der Waals surface area contributed by atoms with Gasteiger partial charge in [-0.25, -0.2) is 0 Å². The minimum Gasteiger partial charge on any atom is -0.379 e. The topological polar surface area (TPSA) is 63.8 Å². The van der Waals surface area contributed by atoms with Gasteiger partial charge in [0.15, 0.2) is 0 Å². The molecule has 0 spiro atoms. The number of nitrogens with zero attached hydrogens (tertiary/aromatic N) is 2. The quantitative estimate of drug-likeness (QED) is 0.819. The number of unbranched alkanes of at least 4 members (excludes halogenated alkanes) is 1. The molecule has 3 N–H and O–H groups in total. The fourth-order valence-corrected chi connectivity index (χ4v) is 2.04. The lowest BCUT2D eigenvalue weighted by atomic mass is 10.1. The standard InChI is InChI=1S/C14H20N4/c1-2-3-6-11(9-15)17-14-10-16-18-13-8-5-4-7-12(13)14/h4-5,7-8,10-11H,2-3,6,9,15H2,1H3,(H,17,18). The van der Waals surface area contributed by atoms with E-state index in [4.69, 9.17) is 5.73 Å². The largest absolute Gasteiger partial charge is 0.379 e. The van der Waals surface area contributed by atoms with Gasteiger partial charge in [0.25, 0.3) is 0 Å². The number of rotatable bonds is 6. The van der Waals surface area contributed by atoms with Crippen LogP contribution < -0.4 is 11.1 Å². The van der Waals surface area contributed by atoms with Crippen LogP contribution in [0.4, 0.5) is 5.69 Å². The number of nitrogens with one attached hydrogen (secondary N) is 1. The Labute approximate surface area is 108 Å².